The van der Waals surface area contributed by atoms with Crippen molar-refractivity contribution in [1.82, 2.24) is 9.97 Å². The molecule has 18 heavy (non-hydrogen) atoms. The van der Waals surface area contributed by atoms with Crippen LogP contribution in [0.25, 0.3) is 0 Å². The topological polar surface area (TPSA) is 25.8 Å². The highest BCUT2D eigenvalue weighted by Crippen LogP contribution is 2.32. The summed E-state index contributed by atoms with van der Waals surface area (Å²) in [5.74, 6) is 0.812. The molecular formula is C12H9BrCl2N2S. The summed E-state index contributed by atoms with van der Waals surface area (Å²) in [5.41, 5.74) is 0. The zero-order chi connectivity index (χ0) is 13.1. The van der Waals surface area contributed by atoms with E-state index < -0.39 is 0 Å². The van der Waals surface area contributed by atoms with E-state index in [0.717, 1.165) is 26.8 Å². The summed E-state index contributed by atoms with van der Waals surface area (Å²) in [6, 6.07) is 7.41. The zero-order valence-electron chi connectivity index (χ0n) is 9.45. The van der Waals surface area contributed by atoms with E-state index in [0.29, 0.717) is 10.0 Å². The van der Waals surface area contributed by atoms with Crippen LogP contribution >= 0.6 is 50.9 Å². The molecule has 94 valence electrons. The number of rotatable bonds is 3. The maximum Gasteiger partial charge on any atom is 0.130 e. The van der Waals surface area contributed by atoms with Gasteiger partial charge in [-0.05, 0) is 34.1 Å². The van der Waals surface area contributed by atoms with Gasteiger partial charge in [0.05, 0.1) is 10.0 Å². The molecular weight excluding hydrogens is 355 g/mol. The van der Waals surface area contributed by atoms with Crippen LogP contribution in [0.15, 0.2) is 38.8 Å². The van der Waals surface area contributed by atoms with E-state index in [9.17, 15) is 0 Å². The summed E-state index contributed by atoms with van der Waals surface area (Å²) >= 11 is 16.8. The van der Waals surface area contributed by atoms with Gasteiger partial charge < -0.3 is 0 Å². The van der Waals surface area contributed by atoms with E-state index in [1.54, 1.807) is 6.07 Å². The highest BCUT2D eigenvalue weighted by atomic mass is 79.9. The lowest BCUT2D eigenvalue weighted by Gasteiger charge is -2.04. The van der Waals surface area contributed by atoms with Gasteiger partial charge >= 0.3 is 0 Å². The van der Waals surface area contributed by atoms with Crippen LogP contribution in [0, 0.1) is 0 Å². The number of nitrogens with zero attached hydrogens (tertiary/aromatic N) is 2. The number of aromatic nitrogens is 2. The number of aryl methyl sites for hydroxylation is 1. The van der Waals surface area contributed by atoms with Crippen molar-refractivity contribution in [3.05, 3.63) is 44.7 Å². The van der Waals surface area contributed by atoms with Gasteiger partial charge in [0.25, 0.3) is 0 Å². The molecule has 0 aliphatic rings. The second-order valence-corrected chi connectivity index (χ2v) is 6.20. The second-order valence-electron chi connectivity index (χ2n) is 3.48. The van der Waals surface area contributed by atoms with Crippen LogP contribution in [0.1, 0.15) is 12.7 Å². The van der Waals surface area contributed by atoms with Crippen LogP contribution < -0.4 is 0 Å². The fourth-order valence-electron chi connectivity index (χ4n) is 1.31. The molecule has 1 aromatic heterocycles. The Bertz CT molecular complexity index is 578. The van der Waals surface area contributed by atoms with Gasteiger partial charge in [0.1, 0.15) is 15.5 Å². The molecule has 0 spiro atoms. The van der Waals surface area contributed by atoms with Crippen molar-refractivity contribution in [3.63, 3.8) is 0 Å². The Balaban J connectivity index is 2.27. The highest BCUT2D eigenvalue weighted by molar-refractivity contribution is 9.10. The second kappa shape index (κ2) is 6.24. The normalized spacial score (nSPS) is 10.7. The Morgan fingerprint density at radius 2 is 1.94 bits per heavy atom. The van der Waals surface area contributed by atoms with Crippen LogP contribution in [-0.2, 0) is 6.42 Å². The van der Waals surface area contributed by atoms with Crippen molar-refractivity contribution >= 4 is 50.9 Å². The standard InChI is InChI=1S/C12H9BrCl2N2S/c1-2-11-16-10(13)6-12(17-11)18-7-3-4-8(14)9(15)5-7/h3-6H,2H2,1H3. The lowest BCUT2D eigenvalue weighted by atomic mass is 10.4. The van der Waals surface area contributed by atoms with E-state index >= 15 is 0 Å². The fraction of sp³-hybridized carbons (Fsp3) is 0.167. The maximum absolute atomic E-state index is 5.98. The summed E-state index contributed by atoms with van der Waals surface area (Å²) in [7, 11) is 0. The van der Waals surface area contributed by atoms with Crippen molar-refractivity contribution in [1.29, 1.82) is 0 Å². The van der Waals surface area contributed by atoms with Gasteiger partial charge in [0.15, 0.2) is 0 Å². The third-order valence-electron chi connectivity index (χ3n) is 2.15. The number of hydrogen-bond donors (Lipinski definition) is 0. The molecule has 0 aliphatic carbocycles. The molecule has 0 radical (unpaired) electrons. The largest absolute Gasteiger partial charge is 0.226 e. The molecule has 0 aliphatic heterocycles. The van der Waals surface area contributed by atoms with Crippen molar-refractivity contribution in [2.75, 3.05) is 0 Å². The monoisotopic (exact) mass is 362 g/mol. The molecule has 0 amide bonds. The highest BCUT2D eigenvalue weighted by Gasteiger charge is 2.05. The number of hydrogen-bond acceptors (Lipinski definition) is 3. The molecule has 6 heteroatoms. The Hall–Kier alpha value is -0.290. The van der Waals surface area contributed by atoms with Crippen LogP contribution in [0.2, 0.25) is 10.0 Å². The van der Waals surface area contributed by atoms with Gasteiger partial charge in [-0.15, -0.1) is 0 Å². The molecule has 2 rings (SSSR count). The first-order chi connectivity index (χ1) is 8.58. The molecule has 0 saturated heterocycles. The van der Waals surface area contributed by atoms with Crippen molar-refractivity contribution in [2.45, 2.75) is 23.3 Å². The minimum absolute atomic E-state index is 0.547. The Morgan fingerprint density at radius 1 is 1.17 bits per heavy atom. The Labute approximate surface area is 128 Å². The van der Waals surface area contributed by atoms with Gasteiger partial charge in [0, 0.05) is 17.4 Å². The van der Waals surface area contributed by atoms with Crippen LogP contribution in [0.4, 0.5) is 0 Å². The van der Waals surface area contributed by atoms with Crippen molar-refractivity contribution in [3.8, 4) is 0 Å². The summed E-state index contributed by atoms with van der Waals surface area (Å²) in [6.07, 6.45) is 0.800. The third kappa shape index (κ3) is 3.60. The van der Waals surface area contributed by atoms with Gasteiger partial charge in [-0.25, -0.2) is 9.97 Å². The predicted octanol–water partition coefficient (Wildman–Crippen LogP) is 5.26. The fourth-order valence-corrected chi connectivity index (χ4v) is 3.13. The quantitative estimate of drug-likeness (QED) is 0.695. The summed E-state index contributed by atoms with van der Waals surface area (Å²) in [5, 5.41) is 1.98. The maximum atomic E-state index is 5.98. The SMILES string of the molecule is CCc1nc(Br)cc(Sc2ccc(Cl)c(Cl)c2)n1. The predicted molar refractivity (Wildman–Crippen MR) is 79.7 cm³/mol. The zero-order valence-corrected chi connectivity index (χ0v) is 13.4. The summed E-state index contributed by atoms with van der Waals surface area (Å²) in [6.45, 7) is 2.02. The van der Waals surface area contributed by atoms with Crippen molar-refractivity contribution < 1.29 is 0 Å². The van der Waals surface area contributed by atoms with E-state index in [-0.39, 0.29) is 0 Å². The molecule has 2 aromatic rings. The van der Waals surface area contributed by atoms with E-state index in [1.165, 1.54) is 11.8 Å². The van der Waals surface area contributed by atoms with E-state index in [2.05, 4.69) is 25.9 Å². The third-order valence-corrected chi connectivity index (χ3v) is 4.20. The lowest BCUT2D eigenvalue weighted by Crippen LogP contribution is -1.94. The van der Waals surface area contributed by atoms with Gasteiger partial charge in [-0.1, -0.05) is 41.9 Å². The summed E-state index contributed by atoms with van der Waals surface area (Å²) in [4.78, 5) is 9.71. The first-order valence-electron chi connectivity index (χ1n) is 5.25. The van der Waals surface area contributed by atoms with Crippen LogP contribution in [-0.4, -0.2) is 9.97 Å². The van der Waals surface area contributed by atoms with Gasteiger partial charge in [0.2, 0.25) is 0 Å². The number of halogens is 3. The van der Waals surface area contributed by atoms with Crippen LogP contribution in [0.5, 0.6) is 0 Å². The van der Waals surface area contributed by atoms with E-state index in [1.807, 2.05) is 25.1 Å². The van der Waals surface area contributed by atoms with Gasteiger partial charge in [-0.2, -0.15) is 0 Å². The summed E-state index contributed by atoms with van der Waals surface area (Å²) < 4.78 is 0.789. The molecule has 0 atom stereocenters. The van der Waals surface area contributed by atoms with Crippen molar-refractivity contribution in [2.24, 2.45) is 0 Å². The smallest absolute Gasteiger partial charge is 0.130 e. The molecule has 1 heterocycles. The average molecular weight is 364 g/mol. The minimum Gasteiger partial charge on any atom is -0.226 e. The van der Waals surface area contributed by atoms with Crippen LogP contribution in [0.3, 0.4) is 0 Å². The molecule has 0 saturated carbocycles. The molecule has 0 fully saturated rings. The average Bonchev–Trinajstić information content (AvgIpc) is 2.33. The molecule has 0 N–H and O–H groups in total. The molecule has 2 nitrogen and oxygen atoms in total. The minimum atomic E-state index is 0.547. The van der Waals surface area contributed by atoms with Gasteiger partial charge in [-0.3, -0.25) is 0 Å². The Kier molecular flexibility index (Phi) is 4.90. The molecule has 0 unspecified atom stereocenters. The Morgan fingerprint density at radius 3 is 2.61 bits per heavy atom. The first kappa shape index (κ1) is 14.1. The molecule has 0 bridgehead atoms. The number of benzene rings is 1. The first-order valence-corrected chi connectivity index (χ1v) is 7.61. The molecule has 1 aromatic carbocycles. The lowest BCUT2D eigenvalue weighted by molar-refractivity contribution is 0.877. The van der Waals surface area contributed by atoms with E-state index in [4.69, 9.17) is 23.2 Å².